The molecule has 2 N–H and O–H groups in total. The van der Waals surface area contributed by atoms with Crippen LogP contribution in [0.25, 0.3) is 27.2 Å². The molecular formula is C23H24N8O3S. The van der Waals surface area contributed by atoms with Gasteiger partial charge in [-0.15, -0.1) is 11.3 Å². The summed E-state index contributed by atoms with van der Waals surface area (Å²) in [5.74, 6) is 0.0471. The maximum atomic E-state index is 13.2. The number of nitrogens with one attached hydrogen (secondary N) is 2. The Morgan fingerprint density at radius 3 is 2.83 bits per heavy atom. The Hall–Kier alpha value is -3.90. The maximum absolute atomic E-state index is 13.2. The largest absolute Gasteiger partial charge is 0.382 e. The Balaban J connectivity index is 1.53. The molecule has 4 heterocycles. The lowest BCUT2D eigenvalue weighted by Crippen LogP contribution is -2.18. The van der Waals surface area contributed by atoms with Gasteiger partial charge in [0.15, 0.2) is 5.13 Å². The molecule has 0 aliphatic heterocycles. The minimum absolute atomic E-state index is 0.241. The van der Waals surface area contributed by atoms with E-state index in [0.717, 1.165) is 16.8 Å². The molecule has 0 aliphatic carbocycles. The van der Waals surface area contributed by atoms with Crippen LogP contribution < -0.4 is 10.9 Å². The van der Waals surface area contributed by atoms with Crippen molar-refractivity contribution in [2.75, 3.05) is 18.5 Å². The standard InChI is InChI=1S/C23H24N8O3S/c1-4-34-9-5-7-31-18-11-16-15(26-20(32)13(2)25-16)10-17(18)27-22(31)29-21(33)19-14(3)35-23(28-19)30-8-6-24-12-30/h6,8,10-12H,4-5,7,9H2,1-3H3,(H,26,32)(H,27,29,33). The Bertz CT molecular complexity index is 1580. The van der Waals surface area contributed by atoms with Crippen LogP contribution in [-0.4, -0.2) is 53.2 Å². The predicted octanol–water partition coefficient (Wildman–Crippen LogP) is 3.21. The number of ether oxygens (including phenoxy) is 1. The van der Waals surface area contributed by atoms with Crippen LogP contribution in [0.15, 0.2) is 35.6 Å². The van der Waals surface area contributed by atoms with Gasteiger partial charge in [-0.1, -0.05) is 0 Å². The Morgan fingerprint density at radius 2 is 2.06 bits per heavy atom. The minimum atomic E-state index is -0.349. The van der Waals surface area contributed by atoms with E-state index in [1.807, 2.05) is 24.5 Å². The number of aryl methyl sites for hydroxylation is 3. The molecule has 0 fully saturated rings. The van der Waals surface area contributed by atoms with Crippen LogP contribution in [0.2, 0.25) is 0 Å². The summed E-state index contributed by atoms with van der Waals surface area (Å²) in [4.78, 5) is 46.5. The van der Waals surface area contributed by atoms with Gasteiger partial charge < -0.3 is 14.3 Å². The van der Waals surface area contributed by atoms with Crippen molar-refractivity contribution < 1.29 is 9.53 Å². The average Bonchev–Trinajstić information content (AvgIpc) is 3.56. The molecule has 0 unspecified atom stereocenters. The first kappa shape index (κ1) is 22.9. The van der Waals surface area contributed by atoms with Gasteiger partial charge in [0.1, 0.15) is 17.7 Å². The molecule has 5 aromatic rings. The zero-order valence-corrected chi connectivity index (χ0v) is 20.3. The van der Waals surface area contributed by atoms with Crippen LogP contribution in [0.5, 0.6) is 0 Å². The zero-order valence-electron chi connectivity index (χ0n) is 19.5. The number of aromatic amines is 1. The van der Waals surface area contributed by atoms with Gasteiger partial charge in [0.2, 0.25) is 5.95 Å². The van der Waals surface area contributed by atoms with Crippen LogP contribution in [0.1, 0.15) is 34.4 Å². The number of fused-ring (bicyclic) bond motifs is 2. The first-order chi connectivity index (χ1) is 16.9. The third-order valence-corrected chi connectivity index (χ3v) is 6.54. The minimum Gasteiger partial charge on any atom is -0.382 e. The van der Waals surface area contributed by atoms with Crippen molar-refractivity contribution in [3.8, 4) is 5.13 Å². The second-order valence-corrected chi connectivity index (χ2v) is 9.15. The van der Waals surface area contributed by atoms with Crippen molar-refractivity contribution in [3.05, 3.63) is 57.5 Å². The number of aromatic nitrogens is 7. The number of carbonyl (C=O) groups excluding carboxylic acids is 1. The number of hydrogen-bond acceptors (Lipinski definition) is 8. The fourth-order valence-electron chi connectivity index (χ4n) is 3.82. The molecule has 0 spiro atoms. The molecule has 0 bridgehead atoms. The Kier molecular flexibility index (Phi) is 6.14. The molecule has 35 heavy (non-hydrogen) atoms. The topological polar surface area (TPSA) is 133 Å². The highest BCUT2D eigenvalue weighted by atomic mass is 32.1. The van der Waals surface area contributed by atoms with E-state index in [9.17, 15) is 9.59 Å². The third kappa shape index (κ3) is 4.45. The summed E-state index contributed by atoms with van der Waals surface area (Å²) in [6.07, 6.45) is 5.82. The number of thiazole rings is 1. The molecule has 11 nitrogen and oxygen atoms in total. The van der Waals surface area contributed by atoms with Gasteiger partial charge in [-0.05, 0) is 39.3 Å². The summed E-state index contributed by atoms with van der Waals surface area (Å²) >= 11 is 1.41. The normalized spacial score (nSPS) is 11.5. The predicted molar refractivity (Wildman–Crippen MR) is 133 cm³/mol. The summed E-state index contributed by atoms with van der Waals surface area (Å²) in [5, 5.41) is 3.59. The van der Waals surface area contributed by atoms with Gasteiger partial charge in [0, 0.05) is 37.0 Å². The summed E-state index contributed by atoms with van der Waals surface area (Å²) < 4.78 is 9.20. The first-order valence-electron chi connectivity index (χ1n) is 11.2. The third-order valence-electron chi connectivity index (χ3n) is 5.56. The van der Waals surface area contributed by atoms with Crippen molar-refractivity contribution in [3.63, 3.8) is 0 Å². The average molecular weight is 493 g/mol. The molecule has 4 aromatic heterocycles. The van der Waals surface area contributed by atoms with Crippen LogP contribution in [-0.2, 0) is 11.3 Å². The van der Waals surface area contributed by atoms with Crippen molar-refractivity contribution >= 4 is 45.3 Å². The van der Waals surface area contributed by atoms with Gasteiger partial charge in [0.05, 0.1) is 22.1 Å². The fraction of sp³-hybridized carbons (Fsp3) is 0.304. The molecule has 0 saturated heterocycles. The van der Waals surface area contributed by atoms with E-state index in [0.29, 0.717) is 58.8 Å². The number of benzene rings is 1. The van der Waals surface area contributed by atoms with E-state index in [2.05, 4.69) is 30.2 Å². The summed E-state index contributed by atoms with van der Waals surface area (Å²) in [5.41, 5.74) is 3.16. The number of carbonyl (C=O) groups is 1. The van der Waals surface area contributed by atoms with E-state index in [1.165, 1.54) is 11.3 Å². The molecule has 0 atom stereocenters. The number of anilines is 1. The van der Waals surface area contributed by atoms with Crippen LogP contribution >= 0.6 is 11.3 Å². The van der Waals surface area contributed by atoms with Crippen molar-refractivity contribution in [1.82, 2.24) is 34.1 Å². The second kappa shape index (κ2) is 9.39. The second-order valence-electron chi connectivity index (χ2n) is 7.97. The smallest absolute Gasteiger partial charge is 0.277 e. The fourth-order valence-corrected chi connectivity index (χ4v) is 4.68. The molecule has 0 aliphatic rings. The number of hydrogen-bond donors (Lipinski definition) is 2. The van der Waals surface area contributed by atoms with E-state index in [-0.39, 0.29) is 11.5 Å². The van der Waals surface area contributed by atoms with Gasteiger partial charge in [-0.25, -0.2) is 19.9 Å². The number of rotatable bonds is 8. The van der Waals surface area contributed by atoms with E-state index < -0.39 is 0 Å². The van der Waals surface area contributed by atoms with E-state index in [1.54, 1.807) is 36.3 Å². The maximum Gasteiger partial charge on any atom is 0.277 e. The molecular weight excluding hydrogens is 468 g/mol. The number of nitrogens with zero attached hydrogens (tertiary/aromatic N) is 6. The van der Waals surface area contributed by atoms with E-state index in [4.69, 9.17) is 4.74 Å². The SMILES string of the molecule is CCOCCCn1c(NC(=O)c2nc(-n3ccnc3)sc2C)nc2cc3[nH]c(=O)c(C)nc3cc21. The Labute approximate surface area is 203 Å². The monoisotopic (exact) mass is 492 g/mol. The Morgan fingerprint density at radius 1 is 1.20 bits per heavy atom. The number of imidazole rings is 2. The highest BCUT2D eigenvalue weighted by Gasteiger charge is 2.20. The highest BCUT2D eigenvalue weighted by molar-refractivity contribution is 7.14. The molecule has 12 heteroatoms. The summed E-state index contributed by atoms with van der Waals surface area (Å²) in [6.45, 7) is 7.28. The molecule has 5 rings (SSSR count). The van der Waals surface area contributed by atoms with Crippen LogP contribution in [0, 0.1) is 13.8 Å². The molecule has 0 saturated carbocycles. The van der Waals surface area contributed by atoms with Gasteiger partial charge in [0.25, 0.3) is 11.5 Å². The number of H-pyrrole nitrogens is 1. The lowest BCUT2D eigenvalue weighted by atomic mass is 10.2. The van der Waals surface area contributed by atoms with E-state index >= 15 is 0 Å². The van der Waals surface area contributed by atoms with Crippen LogP contribution in [0.3, 0.4) is 0 Å². The summed E-state index contributed by atoms with van der Waals surface area (Å²) in [7, 11) is 0. The highest BCUT2D eigenvalue weighted by Crippen LogP contribution is 2.26. The summed E-state index contributed by atoms with van der Waals surface area (Å²) in [6, 6.07) is 3.65. The van der Waals surface area contributed by atoms with Gasteiger partial charge in [-0.3, -0.25) is 19.5 Å². The number of amides is 1. The quantitative estimate of drug-likeness (QED) is 0.318. The van der Waals surface area contributed by atoms with Crippen LogP contribution in [0.4, 0.5) is 5.95 Å². The van der Waals surface area contributed by atoms with Crippen molar-refractivity contribution in [1.29, 1.82) is 0 Å². The molecule has 180 valence electrons. The zero-order chi connectivity index (χ0) is 24.5. The molecule has 0 radical (unpaired) electrons. The van der Waals surface area contributed by atoms with Gasteiger partial charge in [-0.2, -0.15) is 0 Å². The first-order valence-corrected chi connectivity index (χ1v) is 12.0. The molecule has 1 aromatic carbocycles. The molecule has 1 amide bonds. The van der Waals surface area contributed by atoms with Crippen molar-refractivity contribution in [2.45, 2.75) is 33.7 Å². The lowest BCUT2D eigenvalue weighted by molar-refractivity contribution is 0.102. The lowest BCUT2D eigenvalue weighted by Gasteiger charge is -2.10. The van der Waals surface area contributed by atoms with Gasteiger partial charge >= 0.3 is 0 Å². The van der Waals surface area contributed by atoms with Crippen molar-refractivity contribution in [2.24, 2.45) is 0 Å².